The standard InChI is InChI=1S/C32H37NO3/c1-31(2,30(34)35)26-18-16-25(17-19-26)11-9-10-22-33-23-20-29(21-24-33)32(36,27-12-5-3-6-13-27)28-14-7-4-8-15-28/h3-9,11-19,29,36H,10,20-24H2,1-2H3,(H,34,35). The molecule has 0 unspecified atom stereocenters. The Morgan fingerprint density at radius 2 is 1.39 bits per heavy atom. The van der Waals surface area contributed by atoms with Gasteiger partial charge < -0.3 is 15.1 Å². The first-order valence-electron chi connectivity index (χ1n) is 12.9. The number of hydrogen-bond donors (Lipinski definition) is 2. The van der Waals surface area contributed by atoms with E-state index in [1.165, 1.54) is 0 Å². The van der Waals surface area contributed by atoms with Crippen LogP contribution in [0.3, 0.4) is 0 Å². The summed E-state index contributed by atoms with van der Waals surface area (Å²) in [5, 5.41) is 21.4. The number of carboxylic acids is 1. The fourth-order valence-electron chi connectivity index (χ4n) is 5.21. The van der Waals surface area contributed by atoms with Crippen molar-refractivity contribution in [1.82, 2.24) is 4.90 Å². The first kappa shape index (κ1) is 25.9. The van der Waals surface area contributed by atoms with Crippen molar-refractivity contribution in [2.24, 2.45) is 5.92 Å². The third-order valence-corrected chi connectivity index (χ3v) is 7.70. The van der Waals surface area contributed by atoms with Crippen molar-refractivity contribution in [3.63, 3.8) is 0 Å². The summed E-state index contributed by atoms with van der Waals surface area (Å²) in [6.07, 6.45) is 7.14. The molecule has 4 heteroatoms. The van der Waals surface area contributed by atoms with Gasteiger partial charge in [0.2, 0.25) is 0 Å². The van der Waals surface area contributed by atoms with Crippen molar-refractivity contribution in [2.45, 2.75) is 44.1 Å². The average molecular weight is 484 g/mol. The molecule has 1 heterocycles. The molecule has 4 rings (SSSR count). The Morgan fingerprint density at radius 1 is 0.861 bits per heavy atom. The van der Waals surface area contributed by atoms with Gasteiger partial charge in [0.05, 0.1) is 5.41 Å². The first-order valence-corrected chi connectivity index (χ1v) is 12.9. The number of aliphatic hydroxyl groups is 1. The van der Waals surface area contributed by atoms with Crippen LogP contribution in [0.2, 0.25) is 0 Å². The zero-order valence-corrected chi connectivity index (χ0v) is 21.3. The molecular weight excluding hydrogens is 446 g/mol. The van der Waals surface area contributed by atoms with Crippen molar-refractivity contribution in [3.8, 4) is 0 Å². The molecule has 0 bridgehead atoms. The molecule has 1 aliphatic heterocycles. The van der Waals surface area contributed by atoms with Gasteiger partial charge in [0.15, 0.2) is 0 Å². The Labute approximate surface area is 214 Å². The van der Waals surface area contributed by atoms with Gasteiger partial charge in [-0.25, -0.2) is 0 Å². The molecule has 4 nitrogen and oxygen atoms in total. The second kappa shape index (κ2) is 11.2. The van der Waals surface area contributed by atoms with E-state index in [1.807, 2.05) is 84.9 Å². The topological polar surface area (TPSA) is 60.8 Å². The lowest BCUT2D eigenvalue weighted by Gasteiger charge is -2.42. The Bertz CT molecular complexity index is 1110. The monoisotopic (exact) mass is 483 g/mol. The molecule has 0 spiro atoms. The van der Waals surface area contributed by atoms with Gasteiger partial charge >= 0.3 is 5.97 Å². The molecule has 3 aromatic rings. The van der Waals surface area contributed by atoms with Crippen LogP contribution in [0.25, 0.3) is 6.08 Å². The van der Waals surface area contributed by atoms with E-state index < -0.39 is 17.0 Å². The highest BCUT2D eigenvalue weighted by Gasteiger charge is 2.41. The highest BCUT2D eigenvalue weighted by Crippen LogP contribution is 2.41. The summed E-state index contributed by atoms with van der Waals surface area (Å²) in [6, 6.07) is 27.9. The number of rotatable bonds is 9. The average Bonchev–Trinajstić information content (AvgIpc) is 2.92. The minimum atomic E-state index is -0.976. The van der Waals surface area contributed by atoms with Gasteiger partial charge in [0, 0.05) is 6.54 Å². The summed E-state index contributed by atoms with van der Waals surface area (Å²) < 4.78 is 0. The smallest absolute Gasteiger partial charge is 0.313 e. The summed E-state index contributed by atoms with van der Waals surface area (Å²) >= 11 is 0. The number of carbonyl (C=O) groups is 1. The molecule has 36 heavy (non-hydrogen) atoms. The van der Waals surface area contributed by atoms with E-state index in [4.69, 9.17) is 0 Å². The minimum Gasteiger partial charge on any atom is -0.481 e. The molecule has 0 aromatic heterocycles. The zero-order valence-electron chi connectivity index (χ0n) is 21.3. The molecule has 188 valence electrons. The van der Waals surface area contributed by atoms with E-state index in [2.05, 4.69) is 17.1 Å². The van der Waals surface area contributed by atoms with Crippen LogP contribution in [0.5, 0.6) is 0 Å². The maximum atomic E-state index is 12.0. The van der Waals surface area contributed by atoms with Gasteiger partial charge in [0.1, 0.15) is 5.60 Å². The maximum absolute atomic E-state index is 12.0. The van der Waals surface area contributed by atoms with E-state index in [1.54, 1.807) is 13.8 Å². The van der Waals surface area contributed by atoms with Gasteiger partial charge in [-0.3, -0.25) is 4.79 Å². The third-order valence-electron chi connectivity index (χ3n) is 7.70. The fraction of sp³-hybridized carbons (Fsp3) is 0.344. The predicted molar refractivity (Wildman–Crippen MR) is 146 cm³/mol. The minimum absolute atomic E-state index is 0.169. The second-order valence-electron chi connectivity index (χ2n) is 10.4. The number of hydrogen-bond acceptors (Lipinski definition) is 3. The molecule has 3 aromatic carbocycles. The van der Waals surface area contributed by atoms with Crippen LogP contribution in [0.15, 0.2) is 91.0 Å². The normalized spacial score (nSPS) is 15.9. The van der Waals surface area contributed by atoms with Crippen LogP contribution in [-0.4, -0.2) is 40.7 Å². The van der Waals surface area contributed by atoms with Crippen LogP contribution in [-0.2, 0) is 15.8 Å². The number of aliphatic carboxylic acids is 1. The molecule has 0 amide bonds. The summed E-state index contributed by atoms with van der Waals surface area (Å²) in [6.45, 7) is 6.38. The Balaban J connectivity index is 1.33. The number of nitrogens with zero attached hydrogens (tertiary/aromatic N) is 1. The van der Waals surface area contributed by atoms with Gasteiger partial charge in [0.25, 0.3) is 0 Å². The molecule has 2 N–H and O–H groups in total. The highest BCUT2D eigenvalue weighted by molar-refractivity contribution is 5.80. The number of piperidine rings is 1. The van der Waals surface area contributed by atoms with Gasteiger partial charge in [-0.2, -0.15) is 0 Å². The van der Waals surface area contributed by atoms with Gasteiger partial charge in [-0.15, -0.1) is 0 Å². The van der Waals surface area contributed by atoms with Crippen molar-refractivity contribution in [1.29, 1.82) is 0 Å². The summed E-state index contributed by atoms with van der Waals surface area (Å²) in [7, 11) is 0. The lowest BCUT2D eigenvalue weighted by molar-refractivity contribution is -0.142. The van der Waals surface area contributed by atoms with Crippen molar-refractivity contribution in [3.05, 3.63) is 113 Å². The van der Waals surface area contributed by atoms with Crippen LogP contribution in [0.1, 0.15) is 55.4 Å². The second-order valence-corrected chi connectivity index (χ2v) is 10.4. The van der Waals surface area contributed by atoms with E-state index in [0.717, 1.165) is 61.2 Å². The number of carboxylic acid groups (broad SMARTS) is 1. The van der Waals surface area contributed by atoms with Crippen LogP contribution < -0.4 is 0 Å². The predicted octanol–water partition coefficient (Wildman–Crippen LogP) is 6.10. The summed E-state index contributed by atoms with van der Waals surface area (Å²) in [5.74, 6) is -0.650. The van der Waals surface area contributed by atoms with Crippen LogP contribution in [0.4, 0.5) is 0 Å². The molecule has 0 atom stereocenters. The lowest BCUT2D eigenvalue weighted by atomic mass is 9.72. The van der Waals surface area contributed by atoms with Crippen LogP contribution in [0, 0.1) is 5.92 Å². The summed E-state index contributed by atoms with van der Waals surface area (Å²) in [5.41, 5.74) is 1.96. The molecular formula is C32H37NO3. The van der Waals surface area contributed by atoms with Crippen molar-refractivity contribution in [2.75, 3.05) is 19.6 Å². The van der Waals surface area contributed by atoms with E-state index in [-0.39, 0.29) is 5.92 Å². The molecule has 1 aliphatic rings. The van der Waals surface area contributed by atoms with E-state index in [0.29, 0.717) is 0 Å². The Morgan fingerprint density at radius 3 is 1.89 bits per heavy atom. The van der Waals surface area contributed by atoms with Gasteiger partial charge in [-0.05, 0) is 74.4 Å². The number of benzene rings is 3. The SMILES string of the molecule is CC(C)(C(=O)O)c1ccc(C=CCCN2CCC(C(O)(c3ccccc3)c3ccccc3)CC2)cc1. The largest absolute Gasteiger partial charge is 0.481 e. The molecule has 0 aliphatic carbocycles. The molecule has 0 radical (unpaired) electrons. The number of likely N-dealkylation sites (tertiary alicyclic amines) is 1. The van der Waals surface area contributed by atoms with E-state index in [9.17, 15) is 15.0 Å². The fourth-order valence-corrected chi connectivity index (χ4v) is 5.21. The quantitative estimate of drug-likeness (QED) is 0.386. The maximum Gasteiger partial charge on any atom is 0.313 e. The van der Waals surface area contributed by atoms with Gasteiger partial charge in [-0.1, -0.05) is 97.1 Å². The summed E-state index contributed by atoms with van der Waals surface area (Å²) in [4.78, 5) is 13.9. The lowest BCUT2D eigenvalue weighted by Crippen LogP contribution is -2.44. The Kier molecular flexibility index (Phi) is 8.07. The van der Waals surface area contributed by atoms with Crippen LogP contribution >= 0.6 is 0 Å². The molecule has 0 saturated carbocycles. The molecule has 1 fully saturated rings. The van der Waals surface area contributed by atoms with E-state index >= 15 is 0 Å². The van der Waals surface area contributed by atoms with Crippen molar-refractivity contribution < 1.29 is 15.0 Å². The Hall–Kier alpha value is -3.21. The first-order chi connectivity index (χ1) is 17.3. The van der Waals surface area contributed by atoms with Crippen molar-refractivity contribution >= 4 is 12.0 Å². The highest BCUT2D eigenvalue weighted by atomic mass is 16.4. The molecule has 1 saturated heterocycles. The zero-order chi connectivity index (χ0) is 25.6. The third kappa shape index (κ3) is 5.61.